The van der Waals surface area contributed by atoms with E-state index in [-0.39, 0.29) is 11.5 Å². The molecule has 0 amide bonds. The second-order valence-corrected chi connectivity index (χ2v) is 5.11. The molecule has 0 spiro atoms. The van der Waals surface area contributed by atoms with Gasteiger partial charge in [0, 0.05) is 13.1 Å². The van der Waals surface area contributed by atoms with Gasteiger partial charge >= 0.3 is 105 Å². The molecule has 6 N–H and O–H groups in total. The maximum atomic E-state index is 9.57. The molecule has 5 heteroatoms. The zero-order valence-corrected chi connectivity index (χ0v) is 12.8. The van der Waals surface area contributed by atoms with E-state index in [1.165, 1.54) is 0 Å². The molecule has 21 heavy (non-hydrogen) atoms. The van der Waals surface area contributed by atoms with Crippen LogP contribution in [0.3, 0.4) is 0 Å². The summed E-state index contributed by atoms with van der Waals surface area (Å²) < 4.78 is 0. The van der Waals surface area contributed by atoms with Crippen molar-refractivity contribution in [2.45, 2.75) is 0 Å². The number of phenolic OH excluding ortho intramolecular Hbond substituents is 2. The van der Waals surface area contributed by atoms with E-state index >= 15 is 0 Å². The van der Waals surface area contributed by atoms with E-state index in [1.54, 1.807) is 24.3 Å². The van der Waals surface area contributed by atoms with Gasteiger partial charge in [-0.2, -0.15) is 0 Å². The van der Waals surface area contributed by atoms with Crippen molar-refractivity contribution in [2.24, 2.45) is 11.5 Å². The first kappa shape index (κ1) is 17.3. The maximum absolute atomic E-state index is 9.57. The number of para-hydroxylation sites is 2. The molecule has 0 aliphatic heterocycles. The molecule has 2 aromatic rings. The van der Waals surface area contributed by atoms with Crippen molar-refractivity contribution in [3.63, 3.8) is 0 Å². The summed E-state index contributed by atoms with van der Waals surface area (Å²) in [6.45, 7) is 1.19. The summed E-state index contributed by atoms with van der Waals surface area (Å²) in [7, 11) is 0. The number of hydrogen-bond acceptors (Lipinski definition) is 4. The molecule has 0 aromatic heterocycles. The Bertz CT molecular complexity index is 572. The fourth-order valence-electron chi connectivity index (χ4n) is 1.33. The van der Waals surface area contributed by atoms with E-state index in [0.717, 1.165) is 11.1 Å². The average Bonchev–Trinajstić information content (AvgIpc) is 2.51. The van der Waals surface area contributed by atoms with Crippen LogP contribution in [0.5, 0.6) is 11.5 Å². The summed E-state index contributed by atoms with van der Waals surface area (Å²) >= 11 is 0.378. The third-order valence-corrected chi connectivity index (χ3v) is 3.53. The molecule has 0 heterocycles. The van der Waals surface area contributed by atoms with Crippen LogP contribution < -0.4 is 11.5 Å². The molecule has 0 unspecified atom stereocenters. The molecule has 0 fully saturated rings. The first-order valence-electron chi connectivity index (χ1n) is 6.43. The van der Waals surface area contributed by atoms with E-state index in [1.807, 2.05) is 34.1 Å². The van der Waals surface area contributed by atoms with Gasteiger partial charge < -0.3 is 11.5 Å². The Balaban J connectivity index is 0.000000491. The van der Waals surface area contributed by atoms with Crippen molar-refractivity contribution < 1.29 is 24.3 Å². The van der Waals surface area contributed by atoms with Crippen molar-refractivity contribution in [3.8, 4) is 11.5 Å². The summed E-state index contributed by atoms with van der Waals surface area (Å²) in [5.41, 5.74) is 11.4. The van der Waals surface area contributed by atoms with Crippen LogP contribution in [0, 0.1) is 0 Å². The number of nitrogens with two attached hydrogens (primary N) is 2. The second-order valence-electron chi connectivity index (χ2n) is 4.04. The van der Waals surface area contributed by atoms with Crippen molar-refractivity contribution >= 4 is 9.84 Å². The molecule has 113 valence electrons. The Kier molecular flexibility index (Phi) is 8.24. The first-order valence-corrected chi connectivity index (χ1v) is 7.80. The Labute approximate surface area is 130 Å². The SMILES string of the molecule is NCCN.Oc1ccccc1[CH]=[Mn]=[CH]c1ccccc1O. The topological polar surface area (TPSA) is 92.5 Å². The third-order valence-electron chi connectivity index (χ3n) is 2.40. The van der Waals surface area contributed by atoms with E-state index in [2.05, 4.69) is 0 Å². The normalized spacial score (nSPS) is 9.24. The molecular formula is C16H20MnN2O2. The number of rotatable bonds is 3. The molecule has 4 nitrogen and oxygen atoms in total. The summed E-state index contributed by atoms with van der Waals surface area (Å²) in [6.07, 6.45) is 0. The number of phenols is 2. The number of aromatic hydroxyl groups is 2. The molecule has 2 aromatic carbocycles. The summed E-state index contributed by atoms with van der Waals surface area (Å²) in [4.78, 5) is 3.90. The van der Waals surface area contributed by atoms with Crippen LogP contribution in [0.4, 0.5) is 0 Å². The quantitative estimate of drug-likeness (QED) is 0.635. The third kappa shape index (κ3) is 6.47. The number of hydrogen-bond donors (Lipinski definition) is 4. The van der Waals surface area contributed by atoms with E-state index < -0.39 is 0 Å². The summed E-state index contributed by atoms with van der Waals surface area (Å²) in [5, 5.41) is 19.1. The minimum absolute atomic E-state index is 0.284. The number of benzene rings is 2. The van der Waals surface area contributed by atoms with Gasteiger partial charge in [0.05, 0.1) is 0 Å². The second kappa shape index (κ2) is 10.0. The average molecular weight is 327 g/mol. The van der Waals surface area contributed by atoms with E-state index in [0.29, 0.717) is 27.2 Å². The Hall–Kier alpha value is -1.78. The van der Waals surface area contributed by atoms with Crippen LogP contribution in [0.15, 0.2) is 48.5 Å². The zero-order chi connectivity index (χ0) is 15.5. The van der Waals surface area contributed by atoms with Crippen LogP contribution in [0.1, 0.15) is 11.1 Å². The van der Waals surface area contributed by atoms with Gasteiger partial charge in [0.25, 0.3) is 0 Å². The molecule has 0 aliphatic carbocycles. The van der Waals surface area contributed by atoms with Gasteiger partial charge in [-0.15, -0.1) is 0 Å². The zero-order valence-electron chi connectivity index (χ0n) is 11.6. The minimum atomic E-state index is 0.284. The molecule has 0 saturated heterocycles. The molecule has 0 bridgehead atoms. The molecular weight excluding hydrogens is 307 g/mol. The molecule has 0 saturated carbocycles. The fraction of sp³-hybridized carbons (Fsp3) is 0.125. The van der Waals surface area contributed by atoms with Crippen LogP contribution in [0.2, 0.25) is 0 Å². The Morgan fingerprint density at radius 3 is 1.48 bits per heavy atom. The van der Waals surface area contributed by atoms with Gasteiger partial charge in [-0.05, 0) is 0 Å². The van der Waals surface area contributed by atoms with Gasteiger partial charge in [-0.25, -0.2) is 0 Å². The molecule has 0 radical (unpaired) electrons. The van der Waals surface area contributed by atoms with Gasteiger partial charge in [0.15, 0.2) is 0 Å². The van der Waals surface area contributed by atoms with Crippen molar-refractivity contribution in [3.05, 3.63) is 59.7 Å². The Morgan fingerprint density at radius 2 is 1.14 bits per heavy atom. The van der Waals surface area contributed by atoms with Crippen LogP contribution >= 0.6 is 0 Å². The summed E-state index contributed by atoms with van der Waals surface area (Å²) in [5.74, 6) is 0.568. The predicted octanol–water partition coefficient (Wildman–Crippen LogP) is 1.08. The first-order chi connectivity index (χ1) is 10.2. The van der Waals surface area contributed by atoms with Gasteiger partial charge in [-0.3, -0.25) is 0 Å². The monoisotopic (exact) mass is 327 g/mol. The van der Waals surface area contributed by atoms with E-state index in [9.17, 15) is 10.2 Å². The molecule has 0 atom stereocenters. The van der Waals surface area contributed by atoms with Gasteiger partial charge in [-0.1, -0.05) is 0 Å². The van der Waals surface area contributed by atoms with Gasteiger partial charge in [0.2, 0.25) is 0 Å². The fourth-order valence-corrected chi connectivity index (χ4v) is 2.43. The van der Waals surface area contributed by atoms with Crippen LogP contribution in [0.25, 0.3) is 0 Å². The van der Waals surface area contributed by atoms with Crippen molar-refractivity contribution in [2.75, 3.05) is 13.1 Å². The van der Waals surface area contributed by atoms with Crippen molar-refractivity contribution in [1.82, 2.24) is 0 Å². The van der Waals surface area contributed by atoms with E-state index in [4.69, 9.17) is 11.5 Å². The van der Waals surface area contributed by atoms with Crippen LogP contribution in [-0.2, 0) is 14.1 Å². The predicted molar refractivity (Wildman–Crippen MR) is 84.7 cm³/mol. The summed E-state index contributed by atoms with van der Waals surface area (Å²) in [6, 6.07) is 14.4. The molecule has 0 aliphatic rings. The standard InChI is InChI=1S/2C7H6O.C2H8N2.Mn/c2*1-6-4-2-3-5-7(6)8;3-1-2-4;/h2*1-5,8H;1-4H2;. The van der Waals surface area contributed by atoms with Crippen LogP contribution in [-0.4, -0.2) is 33.1 Å². The Morgan fingerprint density at radius 1 is 0.762 bits per heavy atom. The van der Waals surface area contributed by atoms with Crippen molar-refractivity contribution in [1.29, 1.82) is 0 Å². The van der Waals surface area contributed by atoms with Gasteiger partial charge in [0.1, 0.15) is 0 Å². The molecule has 2 rings (SSSR count).